The lowest BCUT2D eigenvalue weighted by Crippen LogP contribution is -2.48. The molecule has 0 fully saturated rings. The van der Waals surface area contributed by atoms with Crippen LogP contribution in [0.4, 0.5) is 4.79 Å². The van der Waals surface area contributed by atoms with Gasteiger partial charge in [-0.3, -0.25) is 14.9 Å². The molecule has 0 aromatic rings. The molecule has 21 heavy (non-hydrogen) atoms. The van der Waals surface area contributed by atoms with Crippen LogP contribution < -0.4 is 16.0 Å². The molecule has 4 amide bonds. The number of carbonyl (C=O) groups is 4. The Morgan fingerprint density at radius 3 is 2.38 bits per heavy atom. The molecule has 0 rings (SSSR count). The number of hydrogen-bond donors (Lipinski definition) is 4. The Kier molecular flexibility index (Phi) is 8.44. The number of nitrogens with one attached hydrogen (secondary N) is 3. The van der Waals surface area contributed by atoms with Gasteiger partial charge in [0, 0.05) is 5.54 Å². The fourth-order valence-electron chi connectivity index (χ4n) is 1.26. The normalized spacial score (nSPS) is 12.1. The maximum Gasteiger partial charge on any atom is 0.326 e. The van der Waals surface area contributed by atoms with Gasteiger partial charge in [-0.1, -0.05) is 0 Å². The standard InChI is InChI=1S/C12H21N3O5S/c1-12(2,3)15-11(20)14-9(17)6-21-5-4-8(10(18)19)13-7-16/h7-8H,4-6H2,1-3H3,(H,13,16)(H,18,19)(H2,14,15,17,20). The summed E-state index contributed by atoms with van der Waals surface area (Å²) in [7, 11) is 0. The van der Waals surface area contributed by atoms with Crippen molar-refractivity contribution in [1.82, 2.24) is 16.0 Å². The topological polar surface area (TPSA) is 125 Å². The van der Waals surface area contributed by atoms with Gasteiger partial charge in [-0.25, -0.2) is 9.59 Å². The maximum atomic E-state index is 11.5. The fraction of sp³-hybridized carbons (Fsp3) is 0.667. The third-order valence-electron chi connectivity index (χ3n) is 2.09. The van der Waals surface area contributed by atoms with Crippen molar-refractivity contribution in [3.63, 3.8) is 0 Å². The molecule has 8 nitrogen and oxygen atoms in total. The van der Waals surface area contributed by atoms with Gasteiger partial charge in [-0.15, -0.1) is 0 Å². The molecule has 0 aromatic carbocycles. The van der Waals surface area contributed by atoms with E-state index in [1.165, 1.54) is 11.8 Å². The molecule has 0 heterocycles. The largest absolute Gasteiger partial charge is 0.480 e. The van der Waals surface area contributed by atoms with Crippen LogP contribution in [-0.4, -0.2) is 52.5 Å². The van der Waals surface area contributed by atoms with Crippen molar-refractivity contribution in [3.05, 3.63) is 0 Å². The lowest BCUT2D eigenvalue weighted by Gasteiger charge is -2.20. The Labute approximate surface area is 127 Å². The summed E-state index contributed by atoms with van der Waals surface area (Å²) < 4.78 is 0. The van der Waals surface area contributed by atoms with Gasteiger partial charge in [0.2, 0.25) is 12.3 Å². The number of hydrogen-bond acceptors (Lipinski definition) is 5. The minimum absolute atomic E-state index is 0.0327. The summed E-state index contributed by atoms with van der Waals surface area (Å²) >= 11 is 1.18. The summed E-state index contributed by atoms with van der Waals surface area (Å²) in [6.07, 6.45) is 0.521. The zero-order valence-corrected chi connectivity index (χ0v) is 13.1. The minimum atomic E-state index is -1.13. The van der Waals surface area contributed by atoms with Crippen molar-refractivity contribution in [1.29, 1.82) is 0 Å². The van der Waals surface area contributed by atoms with E-state index in [0.29, 0.717) is 12.2 Å². The minimum Gasteiger partial charge on any atom is -0.480 e. The van der Waals surface area contributed by atoms with Crippen LogP contribution in [0.15, 0.2) is 0 Å². The average molecular weight is 319 g/mol. The number of carboxylic acid groups (broad SMARTS) is 1. The van der Waals surface area contributed by atoms with Crippen molar-refractivity contribution < 1.29 is 24.3 Å². The van der Waals surface area contributed by atoms with Gasteiger partial charge >= 0.3 is 12.0 Å². The second-order valence-corrected chi connectivity index (χ2v) is 6.37. The highest BCUT2D eigenvalue weighted by Gasteiger charge is 2.17. The first-order valence-electron chi connectivity index (χ1n) is 6.28. The number of imide groups is 1. The van der Waals surface area contributed by atoms with Crippen molar-refractivity contribution >= 4 is 36.1 Å². The zero-order valence-electron chi connectivity index (χ0n) is 12.3. The molecule has 9 heteroatoms. The first-order valence-corrected chi connectivity index (χ1v) is 7.43. The highest BCUT2D eigenvalue weighted by Crippen LogP contribution is 2.05. The van der Waals surface area contributed by atoms with Crippen molar-refractivity contribution in [2.24, 2.45) is 0 Å². The van der Waals surface area contributed by atoms with Gasteiger partial charge in [-0.2, -0.15) is 11.8 Å². The molecule has 0 aromatic heterocycles. The van der Waals surface area contributed by atoms with Gasteiger partial charge in [-0.05, 0) is 32.9 Å². The molecule has 0 aliphatic rings. The molecule has 0 aliphatic heterocycles. The van der Waals surface area contributed by atoms with Crippen LogP contribution in [0.2, 0.25) is 0 Å². The van der Waals surface area contributed by atoms with Crippen LogP contribution in [-0.2, 0) is 14.4 Å². The van der Waals surface area contributed by atoms with Crippen molar-refractivity contribution in [3.8, 4) is 0 Å². The van der Waals surface area contributed by atoms with E-state index in [1.807, 2.05) is 0 Å². The first kappa shape index (κ1) is 19.2. The number of carbonyl (C=O) groups excluding carboxylic acids is 3. The third-order valence-corrected chi connectivity index (χ3v) is 3.08. The summed E-state index contributed by atoms with van der Waals surface area (Å²) in [5.74, 6) is -1.19. The van der Waals surface area contributed by atoms with Gasteiger partial charge in [0.15, 0.2) is 0 Å². The Morgan fingerprint density at radius 2 is 1.90 bits per heavy atom. The maximum absolute atomic E-state index is 11.5. The molecule has 4 N–H and O–H groups in total. The van der Waals surface area contributed by atoms with E-state index in [0.717, 1.165) is 0 Å². The summed E-state index contributed by atoms with van der Waals surface area (Å²) in [5, 5.41) is 15.7. The molecule has 1 unspecified atom stereocenters. The summed E-state index contributed by atoms with van der Waals surface area (Å²) in [4.78, 5) is 43.8. The van der Waals surface area contributed by atoms with Crippen LogP contribution in [0.25, 0.3) is 0 Å². The number of thioether (sulfide) groups is 1. The number of carboxylic acids is 1. The average Bonchev–Trinajstić information content (AvgIpc) is 2.30. The summed E-state index contributed by atoms with van der Waals surface area (Å²) in [6.45, 7) is 5.37. The second kappa shape index (κ2) is 9.22. The molecule has 0 saturated carbocycles. The van der Waals surface area contributed by atoms with E-state index >= 15 is 0 Å². The van der Waals surface area contributed by atoms with E-state index in [2.05, 4.69) is 16.0 Å². The second-order valence-electron chi connectivity index (χ2n) is 5.27. The molecule has 0 bridgehead atoms. The van der Waals surface area contributed by atoms with Crippen molar-refractivity contribution in [2.45, 2.75) is 38.8 Å². The fourth-order valence-corrected chi connectivity index (χ4v) is 2.07. The van der Waals surface area contributed by atoms with Crippen LogP contribution in [0.3, 0.4) is 0 Å². The molecule has 0 saturated heterocycles. The Bertz CT molecular complexity index is 395. The molecule has 0 aliphatic carbocycles. The summed E-state index contributed by atoms with van der Waals surface area (Å²) in [5.41, 5.74) is -0.438. The third kappa shape index (κ3) is 10.7. The number of amides is 4. The Morgan fingerprint density at radius 1 is 1.29 bits per heavy atom. The lowest BCUT2D eigenvalue weighted by molar-refractivity contribution is -0.140. The molecule has 0 radical (unpaired) electrons. The number of aliphatic carboxylic acids is 1. The van der Waals surface area contributed by atoms with Gasteiger partial charge < -0.3 is 15.7 Å². The van der Waals surface area contributed by atoms with Crippen LogP contribution in [0.5, 0.6) is 0 Å². The van der Waals surface area contributed by atoms with Crippen LogP contribution in [0.1, 0.15) is 27.2 Å². The molecular weight excluding hydrogens is 298 g/mol. The highest BCUT2D eigenvalue weighted by atomic mass is 32.2. The first-order chi connectivity index (χ1) is 9.65. The van der Waals surface area contributed by atoms with E-state index in [4.69, 9.17) is 5.11 Å². The van der Waals surface area contributed by atoms with Crippen LogP contribution in [0, 0.1) is 0 Å². The van der Waals surface area contributed by atoms with Gasteiger partial charge in [0.05, 0.1) is 5.75 Å². The Hall–Kier alpha value is -1.77. The van der Waals surface area contributed by atoms with Crippen molar-refractivity contribution in [2.75, 3.05) is 11.5 Å². The van der Waals surface area contributed by atoms with Gasteiger partial charge in [0.1, 0.15) is 6.04 Å². The summed E-state index contributed by atoms with van der Waals surface area (Å²) in [6, 6.07) is -1.54. The predicted octanol–water partition coefficient (Wildman–Crippen LogP) is -0.0668. The lowest BCUT2D eigenvalue weighted by atomic mass is 10.1. The molecular formula is C12H21N3O5S. The van der Waals surface area contributed by atoms with Gasteiger partial charge in [0.25, 0.3) is 0 Å². The highest BCUT2D eigenvalue weighted by molar-refractivity contribution is 7.99. The molecule has 120 valence electrons. The molecule has 0 spiro atoms. The zero-order chi connectivity index (χ0) is 16.5. The monoisotopic (exact) mass is 319 g/mol. The Balaban J connectivity index is 3.91. The van der Waals surface area contributed by atoms with E-state index in [9.17, 15) is 19.2 Å². The quantitative estimate of drug-likeness (QED) is 0.367. The van der Waals surface area contributed by atoms with E-state index in [1.54, 1.807) is 20.8 Å². The molecule has 1 atom stereocenters. The number of urea groups is 1. The van der Waals surface area contributed by atoms with Crippen LogP contribution >= 0.6 is 11.8 Å². The SMILES string of the molecule is CC(C)(C)NC(=O)NC(=O)CSCCC(NC=O)C(=O)O. The predicted molar refractivity (Wildman–Crippen MR) is 79.0 cm³/mol. The van der Waals surface area contributed by atoms with E-state index < -0.39 is 29.5 Å². The van der Waals surface area contributed by atoms with E-state index in [-0.39, 0.29) is 12.2 Å². The number of rotatable bonds is 8. The smallest absolute Gasteiger partial charge is 0.326 e.